The summed E-state index contributed by atoms with van der Waals surface area (Å²) < 4.78 is 11.1. The third-order valence-electron chi connectivity index (χ3n) is 4.03. The van der Waals surface area contributed by atoms with E-state index >= 15 is 0 Å². The number of hydrogen-bond donors (Lipinski definition) is 1. The van der Waals surface area contributed by atoms with Crippen molar-refractivity contribution in [3.8, 4) is 17.1 Å². The molecule has 134 valence electrons. The van der Waals surface area contributed by atoms with Gasteiger partial charge in [0.05, 0.1) is 12.8 Å². The molecule has 2 aromatic carbocycles. The third-order valence-corrected chi connectivity index (χ3v) is 4.27. The molecule has 0 aliphatic heterocycles. The van der Waals surface area contributed by atoms with Gasteiger partial charge in [0.2, 0.25) is 5.91 Å². The summed E-state index contributed by atoms with van der Waals surface area (Å²) in [5.41, 5.74) is 2.79. The van der Waals surface area contributed by atoms with Gasteiger partial charge in [-0.05, 0) is 37.3 Å². The fraction of sp³-hybridized carbons (Fsp3) is 0.190. The number of aryl methyl sites for hydroxylation is 2. The Morgan fingerprint density at radius 2 is 1.88 bits per heavy atom. The number of furan rings is 1. The molecule has 0 radical (unpaired) electrons. The molecule has 0 saturated carbocycles. The van der Waals surface area contributed by atoms with Crippen molar-refractivity contribution >= 4 is 23.2 Å². The fourth-order valence-corrected chi connectivity index (χ4v) is 2.78. The van der Waals surface area contributed by atoms with Crippen LogP contribution in [0.15, 0.2) is 59.0 Å². The molecule has 1 heterocycles. The maximum atomic E-state index is 12.2. The van der Waals surface area contributed by atoms with Crippen LogP contribution in [-0.4, -0.2) is 13.0 Å². The molecule has 0 bridgehead atoms. The first-order valence-corrected chi connectivity index (χ1v) is 8.72. The standard InChI is InChI=1S/C21H20ClNO3/c1-14-3-5-15(6-4-14)19-11-8-17(26-19)9-12-21(24)23-18-13-16(22)7-10-20(18)25-2/h3-8,10-11,13H,9,12H2,1-2H3,(H,23,24). The van der Waals surface area contributed by atoms with E-state index in [1.54, 1.807) is 25.3 Å². The van der Waals surface area contributed by atoms with Gasteiger partial charge in [-0.2, -0.15) is 0 Å². The van der Waals surface area contributed by atoms with Gasteiger partial charge < -0.3 is 14.5 Å². The lowest BCUT2D eigenvalue weighted by Crippen LogP contribution is -2.13. The minimum Gasteiger partial charge on any atom is -0.495 e. The van der Waals surface area contributed by atoms with Crippen molar-refractivity contribution in [2.45, 2.75) is 19.8 Å². The minimum atomic E-state index is -0.126. The van der Waals surface area contributed by atoms with Crippen LogP contribution in [0.2, 0.25) is 5.02 Å². The summed E-state index contributed by atoms with van der Waals surface area (Å²) in [4.78, 5) is 12.2. The Labute approximate surface area is 157 Å². The highest BCUT2D eigenvalue weighted by atomic mass is 35.5. The molecule has 0 atom stereocenters. The van der Waals surface area contributed by atoms with Gasteiger partial charge in [0.15, 0.2) is 0 Å². The van der Waals surface area contributed by atoms with Crippen LogP contribution in [0, 0.1) is 6.92 Å². The van der Waals surface area contributed by atoms with E-state index in [-0.39, 0.29) is 5.91 Å². The summed E-state index contributed by atoms with van der Waals surface area (Å²) in [5, 5.41) is 3.36. The molecule has 5 heteroatoms. The van der Waals surface area contributed by atoms with E-state index < -0.39 is 0 Å². The number of methoxy groups -OCH3 is 1. The van der Waals surface area contributed by atoms with Crippen molar-refractivity contribution < 1.29 is 13.9 Å². The summed E-state index contributed by atoms with van der Waals surface area (Å²) in [5.74, 6) is 2.02. The summed E-state index contributed by atoms with van der Waals surface area (Å²) in [6, 6.07) is 17.1. The van der Waals surface area contributed by atoms with E-state index in [9.17, 15) is 4.79 Å². The van der Waals surface area contributed by atoms with E-state index in [2.05, 4.69) is 5.32 Å². The molecule has 4 nitrogen and oxygen atoms in total. The van der Waals surface area contributed by atoms with Crippen molar-refractivity contribution in [2.24, 2.45) is 0 Å². The number of ether oxygens (including phenoxy) is 1. The van der Waals surface area contributed by atoms with Gasteiger partial charge in [0.1, 0.15) is 17.3 Å². The SMILES string of the molecule is COc1ccc(Cl)cc1NC(=O)CCc1ccc(-c2ccc(C)cc2)o1. The quantitative estimate of drug-likeness (QED) is 0.625. The number of halogens is 1. The molecule has 0 fully saturated rings. The average Bonchev–Trinajstić information content (AvgIpc) is 3.10. The molecule has 1 aromatic heterocycles. The highest BCUT2D eigenvalue weighted by Crippen LogP contribution is 2.28. The second-order valence-corrected chi connectivity index (χ2v) is 6.46. The van der Waals surface area contributed by atoms with Gasteiger partial charge in [-0.3, -0.25) is 4.79 Å². The number of benzene rings is 2. The number of carbonyl (C=O) groups excluding carboxylic acids is 1. The Morgan fingerprint density at radius 1 is 1.12 bits per heavy atom. The van der Waals surface area contributed by atoms with Crippen molar-refractivity contribution in [3.63, 3.8) is 0 Å². The van der Waals surface area contributed by atoms with Gasteiger partial charge in [-0.15, -0.1) is 0 Å². The van der Waals surface area contributed by atoms with Crippen LogP contribution in [0.1, 0.15) is 17.7 Å². The predicted octanol–water partition coefficient (Wildman–Crippen LogP) is 5.49. The second-order valence-electron chi connectivity index (χ2n) is 6.02. The largest absolute Gasteiger partial charge is 0.495 e. The number of rotatable bonds is 6. The zero-order valence-electron chi connectivity index (χ0n) is 14.7. The molecular weight excluding hydrogens is 350 g/mol. The lowest BCUT2D eigenvalue weighted by Gasteiger charge is -2.10. The Balaban J connectivity index is 1.60. The third kappa shape index (κ3) is 4.46. The second kappa shape index (κ2) is 8.11. The number of anilines is 1. The zero-order chi connectivity index (χ0) is 18.5. The summed E-state index contributed by atoms with van der Waals surface area (Å²) in [7, 11) is 1.55. The number of carbonyl (C=O) groups is 1. The Morgan fingerprint density at radius 3 is 2.62 bits per heavy atom. The number of amides is 1. The van der Waals surface area contributed by atoms with Crippen LogP contribution >= 0.6 is 11.6 Å². The van der Waals surface area contributed by atoms with E-state index in [4.69, 9.17) is 20.8 Å². The van der Waals surface area contributed by atoms with E-state index in [1.165, 1.54) is 5.56 Å². The van der Waals surface area contributed by atoms with Crippen molar-refractivity contribution in [1.29, 1.82) is 0 Å². The smallest absolute Gasteiger partial charge is 0.224 e. The molecule has 3 rings (SSSR count). The zero-order valence-corrected chi connectivity index (χ0v) is 15.5. The highest BCUT2D eigenvalue weighted by Gasteiger charge is 2.11. The topological polar surface area (TPSA) is 51.5 Å². The first-order valence-electron chi connectivity index (χ1n) is 8.34. The van der Waals surface area contributed by atoms with Crippen molar-refractivity contribution in [2.75, 3.05) is 12.4 Å². The maximum Gasteiger partial charge on any atom is 0.224 e. The molecule has 1 N–H and O–H groups in total. The first-order chi connectivity index (χ1) is 12.5. The van der Waals surface area contributed by atoms with Gasteiger partial charge in [0.25, 0.3) is 0 Å². The van der Waals surface area contributed by atoms with Crippen LogP contribution < -0.4 is 10.1 Å². The molecule has 0 aliphatic carbocycles. The molecule has 0 saturated heterocycles. The average molecular weight is 370 g/mol. The number of hydrogen-bond acceptors (Lipinski definition) is 3. The Bertz CT molecular complexity index is 900. The normalized spacial score (nSPS) is 10.6. The van der Waals surface area contributed by atoms with Crippen molar-refractivity contribution in [3.05, 3.63) is 70.9 Å². The molecule has 26 heavy (non-hydrogen) atoms. The Kier molecular flexibility index (Phi) is 5.64. The maximum absolute atomic E-state index is 12.2. The van der Waals surface area contributed by atoms with Crippen LogP contribution in [-0.2, 0) is 11.2 Å². The summed E-state index contributed by atoms with van der Waals surface area (Å²) in [6.45, 7) is 2.05. The van der Waals surface area contributed by atoms with E-state index in [0.29, 0.717) is 29.3 Å². The van der Waals surface area contributed by atoms with Gasteiger partial charge in [-0.25, -0.2) is 0 Å². The van der Waals surface area contributed by atoms with Gasteiger partial charge in [0, 0.05) is 23.4 Å². The molecule has 0 unspecified atom stereocenters. The van der Waals surface area contributed by atoms with Crippen LogP contribution in [0.25, 0.3) is 11.3 Å². The first kappa shape index (κ1) is 18.1. The van der Waals surface area contributed by atoms with Crippen molar-refractivity contribution in [1.82, 2.24) is 0 Å². The lowest BCUT2D eigenvalue weighted by molar-refractivity contribution is -0.116. The van der Waals surface area contributed by atoms with E-state index in [0.717, 1.165) is 17.1 Å². The molecule has 1 amide bonds. The monoisotopic (exact) mass is 369 g/mol. The van der Waals surface area contributed by atoms with Gasteiger partial charge >= 0.3 is 0 Å². The van der Waals surface area contributed by atoms with Crippen LogP contribution in [0.3, 0.4) is 0 Å². The summed E-state index contributed by atoms with van der Waals surface area (Å²) in [6.07, 6.45) is 0.817. The number of nitrogens with one attached hydrogen (secondary N) is 1. The summed E-state index contributed by atoms with van der Waals surface area (Å²) >= 11 is 5.98. The fourth-order valence-electron chi connectivity index (χ4n) is 2.61. The Hall–Kier alpha value is -2.72. The molecule has 0 spiro atoms. The van der Waals surface area contributed by atoms with Crippen LogP contribution in [0.4, 0.5) is 5.69 Å². The highest BCUT2D eigenvalue weighted by molar-refractivity contribution is 6.31. The molecular formula is C21H20ClNO3. The lowest BCUT2D eigenvalue weighted by atomic mass is 10.1. The molecule has 0 aliphatic rings. The minimum absolute atomic E-state index is 0.126. The van der Waals surface area contributed by atoms with Gasteiger partial charge in [-0.1, -0.05) is 41.4 Å². The molecule has 3 aromatic rings. The predicted molar refractivity (Wildman–Crippen MR) is 104 cm³/mol. The van der Waals surface area contributed by atoms with Crippen LogP contribution in [0.5, 0.6) is 5.75 Å². The van der Waals surface area contributed by atoms with E-state index in [1.807, 2.05) is 43.3 Å².